The Bertz CT molecular complexity index is 118. The zero-order valence-electron chi connectivity index (χ0n) is 6.92. The number of ether oxygens (including phenoxy) is 1. The molecule has 1 heterocycles. The first kappa shape index (κ1) is 7.98. The third-order valence-electron chi connectivity index (χ3n) is 1.83. The van der Waals surface area contributed by atoms with E-state index in [4.69, 9.17) is 4.74 Å². The summed E-state index contributed by atoms with van der Waals surface area (Å²) in [5, 5.41) is 9.47. The van der Waals surface area contributed by atoms with Crippen molar-refractivity contribution in [1.82, 2.24) is 0 Å². The lowest BCUT2D eigenvalue weighted by atomic mass is 10.2. The van der Waals surface area contributed by atoms with Crippen molar-refractivity contribution >= 4 is 0 Å². The molecule has 0 aromatic rings. The molecule has 3 heteroatoms. The van der Waals surface area contributed by atoms with E-state index >= 15 is 0 Å². The number of aliphatic hydroxyl groups is 1. The Kier molecular flexibility index (Phi) is 1.75. The molecule has 0 aromatic carbocycles. The van der Waals surface area contributed by atoms with Crippen molar-refractivity contribution < 1.29 is 14.3 Å². The van der Waals surface area contributed by atoms with Crippen LogP contribution in [0.1, 0.15) is 6.92 Å². The van der Waals surface area contributed by atoms with Crippen LogP contribution < -0.4 is 0 Å². The van der Waals surface area contributed by atoms with Gasteiger partial charge in [0.15, 0.2) is 0 Å². The van der Waals surface area contributed by atoms with Crippen LogP contribution in [0, 0.1) is 0 Å². The van der Waals surface area contributed by atoms with Crippen molar-refractivity contribution in [3.05, 3.63) is 0 Å². The van der Waals surface area contributed by atoms with Crippen molar-refractivity contribution in [1.29, 1.82) is 0 Å². The molecule has 0 spiro atoms. The molecule has 1 fully saturated rings. The molecule has 0 aliphatic carbocycles. The number of quaternary nitrogens is 1. The highest BCUT2D eigenvalue weighted by Gasteiger charge is 2.35. The van der Waals surface area contributed by atoms with E-state index in [0.717, 1.165) is 11.0 Å². The zero-order valence-corrected chi connectivity index (χ0v) is 6.92. The number of morpholine rings is 1. The van der Waals surface area contributed by atoms with Crippen LogP contribution in [0.3, 0.4) is 0 Å². The minimum absolute atomic E-state index is 0.653. The van der Waals surface area contributed by atoms with Crippen LogP contribution in [-0.2, 0) is 4.74 Å². The Morgan fingerprint density at radius 2 is 2.10 bits per heavy atom. The van der Waals surface area contributed by atoms with Crippen molar-refractivity contribution in [2.45, 2.75) is 12.7 Å². The van der Waals surface area contributed by atoms with E-state index in [1.165, 1.54) is 0 Å². The molecule has 0 radical (unpaired) electrons. The summed E-state index contributed by atoms with van der Waals surface area (Å²) in [7, 11) is 4.19. The second-order valence-corrected chi connectivity index (χ2v) is 3.84. The minimum Gasteiger partial charge on any atom is -0.361 e. The summed E-state index contributed by atoms with van der Waals surface area (Å²) in [4.78, 5) is 0. The first-order chi connectivity index (χ1) is 4.41. The van der Waals surface area contributed by atoms with E-state index in [0.29, 0.717) is 13.2 Å². The number of hydrogen-bond acceptors (Lipinski definition) is 2. The molecule has 0 saturated carbocycles. The monoisotopic (exact) mass is 146 g/mol. The highest BCUT2D eigenvalue weighted by atomic mass is 16.6. The Labute approximate surface area is 61.8 Å². The van der Waals surface area contributed by atoms with E-state index < -0.39 is 5.79 Å². The molecule has 1 aliphatic rings. The summed E-state index contributed by atoms with van der Waals surface area (Å²) >= 11 is 0. The van der Waals surface area contributed by atoms with Crippen molar-refractivity contribution in [3.63, 3.8) is 0 Å². The second-order valence-electron chi connectivity index (χ2n) is 3.84. The summed E-state index contributed by atoms with van der Waals surface area (Å²) in [5.41, 5.74) is 0. The summed E-state index contributed by atoms with van der Waals surface area (Å²) < 4.78 is 5.98. The molecule has 1 atom stereocenters. The van der Waals surface area contributed by atoms with Gasteiger partial charge in [-0.3, -0.25) is 0 Å². The van der Waals surface area contributed by atoms with Gasteiger partial charge in [-0.05, 0) is 6.92 Å². The van der Waals surface area contributed by atoms with Gasteiger partial charge in [-0.25, -0.2) is 0 Å². The summed E-state index contributed by atoms with van der Waals surface area (Å²) in [6.45, 7) is 4.02. The Balaban J connectivity index is 2.56. The predicted molar refractivity (Wildman–Crippen MR) is 38.4 cm³/mol. The van der Waals surface area contributed by atoms with Crippen molar-refractivity contribution in [2.75, 3.05) is 33.8 Å². The predicted octanol–water partition coefficient (Wildman–Crippen LogP) is -0.199. The third-order valence-corrected chi connectivity index (χ3v) is 1.83. The molecule has 1 aliphatic heterocycles. The first-order valence-electron chi connectivity index (χ1n) is 3.60. The molecule has 3 nitrogen and oxygen atoms in total. The summed E-state index contributed by atoms with van der Waals surface area (Å²) in [6, 6.07) is 0. The normalized spacial score (nSPS) is 39.6. The Morgan fingerprint density at radius 3 is 2.40 bits per heavy atom. The minimum atomic E-state index is -0.915. The lowest BCUT2D eigenvalue weighted by molar-refractivity contribution is -0.910. The van der Waals surface area contributed by atoms with Gasteiger partial charge < -0.3 is 14.3 Å². The largest absolute Gasteiger partial charge is 0.361 e. The number of hydrogen-bond donors (Lipinski definition) is 1. The van der Waals surface area contributed by atoms with Crippen LogP contribution in [0.25, 0.3) is 0 Å². The smallest absolute Gasteiger partial charge is 0.213 e. The van der Waals surface area contributed by atoms with Crippen LogP contribution >= 0.6 is 0 Å². The van der Waals surface area contributed by atoms with Gasteiger partial charge in [-0.2, -0.15) is 0 Å². The molecular formula is C7H16NO2+. The molecule has 0 aromatic heterocycles. The van der Waals surface area contributed by atoms with Crippen LogP contribution in [0.4, 0.5) is 0 Å². The summed E-state index contributed by atoms with van der Waals surface area (Å²) in [5.74, 6) is -0.915. The van der Waals surface area contributed by atoms with E-state index in [2.05, 4.69) is 14.1 Å². The van der Waals surface area contributed by atoms with Gasteiger partial charge >= 0.3 is 0 Å². The number of nitrogens with zero attached hydrogens (tertiary/aromatic N) is 1. The van der Waals surface area contributed by atoms with Gasteiger partial charge in [0.1, 0.15) is 13.1 Å². The van der Waals surface area contributed by atoms with Crippen LogP contribution in [0.2, 0.25) is 0 Å². The van der Waals surface area contributed by atoms with Crippen LogP contribution in [-0.4, -0.2) is 49.2 Å². The molecule has 1 saturated heterocycles. The van der Waals surface area contributed by atoms with E-state index in [9.17, 15) is 5.11 Å². The molecule has 0 amide bonds. The number of likely N-dealkylation sites (N-methyl/N-ethyl adjacent to an activating group) is 1. The standard InChI is InChI=1S/C7H16NO2/c1-7(9)6-8(2,3)4-5-10-7/h9H,4-6H2,1-3H3/q+1/t7-/m0/s1. The maximum Gasteiger partial charge on any atom is 0.213 e. The van der Waals surface area contributed by atoms with Gasteiger partial charge in [0, 0.05) is 0 Å². The van der Waals surface area contributed by atoms with Gasteiger partial charge in [-0.15, -0.1) is 0 Å². The van der Waals surface area contributed by atoms with Crippen molar-refractivity contribution in [3.8, 4) is 0 Å². The fourth-order valence-corrected chi connectivity index (χ4v) is 1.43. The SMILES string of the molecule is C[C@@]1(O)C[N+](C)(C)CCO1. The van der Waals surface area contributed by atoms with Gasteiger partial charge in [0.2, 0.25) is 5.79 Å². The fourth-order valence-electron chi connectivity index (χ4n) is 1.43. The maximum absolute atomic E-state index is 9.47. The highest BCUT2D eigenvalue weighted by molar-refractivity contribution is 4.62. The maximum atomic E-state index is 9.47. The second kappa shape index (κ2) is 2.19. The Morgan fingerprint density at radius 1 is 1.50 bits per heavy atom. The van der Waals surface area contributed by atoms with Gasteiger partial charge in [0.05, 0.1) is 20.7 Å². The van der Waals surface area contributed by atoms with Gasteiger partial charge in [0.25, 0.3) is 0 Å². The lowest BCUT2D eigenvalue weighted by Crippen LogP contribution is -2.57. The summed E-state index contributed by atoms with van der Waals surface area (Å²) in [6.07, 6.45) is 0. The molecular weight excluding hydrogens is 130 g/mol. The van der Waals surface area contributed by atoms with E-state index in [1.54, 1.807) is 6.92 Å². The van der Waals surface area contributed by atoms with Crippen molar-refractivity contribution in [2.24, 2.45) is 0 Å². The average molecular weight is 146 g/mol. The molecule has 0 bridgehead atoms. The molecule has 60 valence electrons. The molecule has 1 rings (SSSR count). The fraction of sp³-hybridized carbons (Fsp3) is 1.00. The van der Waals surface area contributed by atoms with E-state index in [1.807, 2.05) is 0 Å². The third kappa shape index (κ3) is 1.94. The lowest BCUT2D eigenvalue weighted by Gasteiger charge is -2.40. The highest BCUT2D eigenvalue weighted by Crippen LogP contribution is 2.16. The quantitative estimate of drug-likeness (QED) is 0.480. The number of rotatable bonds is 0. The van der Waals surface area contributed by atoms with Crippen LogP contribution in [0.5, 0.6) is 0 Å². The van der Waals surface area contributed by atoms with Gasteiger partial charge in [-0.1, -0.05) is 0 Å². The molecule has 10 heavy (non-hydrogen) atoms. The average Bonchev–Trinajstić information content (AvgIpc) is 1.56. The molecule has 0 unspecified atom stereocenters. The first-order valence-corrected chi connectivity index (χ1v) is 3.60. The molecule has 1 N–H and O–H groups in total. The zero-order chi connectivity index (χ0) is 7.83. The topological polar surface area (TPSA) is 29.5 Å². The van der Waals surface area contributed by atoms with Crippen LogP contribution in [0.15, 0.2) is 0 Å². The Hall–Kier alpha value is -0.120. The van der Waals surface area contributed by atoms with E-state index in [-0.39, 0.29) is 0 Å².